The van der Waals surface area contributed by atoms with Crippen molar-refractivity contribution in [1.82, 2.24) is 0 Å². The second kappa shape index (κ2) is 6.10. The normalized spacial score (nSPS) is 19.9. The zero-order valence-corrected chi connectivity index (χ0v) is 9.58. The molecule has 4 nitrogen and oxygen atoms in total. The Balaban J connectivity index is 2.29. The van der Waals surface area contributed by atoms with Crippen LogP contribution in [0.3, 0.4) is 0 Å². The lowest BCUT2D eigenvalue weighted by molar-refractivity contribution is -0.429. The van der Waals surface area contributed by atoms with Crippen LogP contribution >= 0.6 is 0 Å². The average molecular weight is 216 g/mol. The highest BCUT2D eigenvalue weighted by atomic mass is 17.2. The molecule has 1 fully saturated rings. The standard InChI is InChI=1S/C11H20O4/c1-10(12-2)9-14-15-11(13-3)7-5-4-6-8-11/h1,4-9H2,2-3H3. The second-order valence-corrected chi connectivity index (χ2v) is 3.76. The van der Waals surface area contributed by atoms with Gasteiger partial charge in [0.2, 0.25) is 5.79 Å². The van der Waals surface area contributed by atoms with Crippen LogP contribution in [0.4, 0.5) is 0 Å². The molecule has 0 aliphatic heterocycles. The lowest BCUT2D eigenvalue weighted by atomic mass is 9.94. The largest absolute Gasteiger partial charge is 0.499 e. The third kappa shape index (κ3) is 3.81. The van der Waals surface area contributed by atoms with Crippen LogP contribution in [0.2, 0.25) is 0 Å². The van der Waals surface area contributed by atoms with Gasteiger partial charge in [-0.05, 0) is 12.8 Å². The fourth-order valence-electron chi connectivity index (χ4n) is 1.67. The van der Waals surface area contributed by atoms with Crippen LogP contribution < -0.4 is 0 Å². The SMILES string of the molecule is C=C(COOC1(OC)CCCCC1)OC. The molecule has 0 atom stereocenters. The van der Waals surface area contributed by atoms with Crippen molar-refractivity contribution in [2.24, 2.45) is 0 Å². The number of rotatable bonds is 6. The van der Waals surface area contributed by atoms with Crippen molar-refractivity contribution in [2.45, 2.75) is 37.9 Å². The van der Waals surface area contributed by atoms with Crippen molar-refractivity contribution >= 4 is 0 Å². The fraction of sp³-hybridized carbons (Fsp3) is 0.818. The van der Waals surface area contributed by atoms with Gasteiger partial charge in [0.05, 0.1) is 7.11 Å². The first-order valence-electron chi connectivity index (χ1n) is 5.30. The quantitative estimate of drug-likeness (QED) is 0.296. The van der Waals surface area contributed by atoms with Gasteiger partial charge >= 0.3 is 0 Å². The molecular formula is C11H20O4. The molecule has 0 aromatic carbocycles. The van der Waals surface area contributed by atoms with E-state index in [1.165, 1.54) is 6.42 Å². The maximum atomic E-state index is 5.38. The van der Waals surface area contributed by atoms with E-state index >= 15 is 0 Å². The molecule has 0 N–H and O–H groups in total. The smallest absolute Gasteiger partial charge is 0.201 e. The third-order valence-corrected chi connectivity index (χ3v) is 2.71. The molecule has 1 saturated carbocycles. The van der Waals surface area contributed by atoms with Crippen LogP contribution in [-0.2, 0) is 19.2 Å². The number of ether oxygens (including phenoxy) is 2. The van der Waals surface area contributed by atoms with E-state index < -0.39 is 5.79 Å². The molecule has 0 heterocycles. The van der Waals surface area contributed by atoms with Crippen LogP contribution in [0.5, 0.6) is 0 Å². The summed E-state index contributed by atoms with van der Waals surface area (Å²) in [5.74, 6) is -0.0243. The zero-order chi connectivity index (χ0) is 11.1. The molecular weight excluding hydrogens is 196 g/mol. The molecule has 0 spiro atoms. The van der Waals surface area contributed by atoms with Gasteiger partial charge in [-0.15, -0.1) is 0 Å². The average Bonchev–Trinajstić information content (AvgIpc) is 2.30. The first kappa shape index (κ1) is 12.5. The van der Waals surface area contributed by atoms with Crippen molar-refractivity contribution in [1.29, 1.82) is 0 Å². The van der Waals surface area contributed by atoms with Gasteiger partial charge in [0.15, 0.2) is 0 Å². The summed E-state index contributed by atoms with van der Waals surface area (Å²) in [7, 11) is 3.21. The lowest BCUT2D eigenvalue weighted by Crippen LogP contribution is -2.37. The summed E-state index contributed by atoms with van der Waals surface area (Å²) >= 11 is 0. The molecule has 88 valence electrons. The number of hydrogen-bond donors (Lipinski definition) is 0. The molecule has 4 heteroatoms. The van der Waals surface area contributed by atoms with Crippen molar-refractivity contribution in [3.05, 3.63) is 12.3 Å². The zero-order valence-electron chi connectivity index (χ0n) is 9.58. The van der Waals surface area contributed by atoms with E-state index in [-0.39, 0.29) is 6.61 Å². The first-order valence-corrected chi connectivity index (χ1v) is 5.30. The Morgan fingerprint density at radius 3 is 2.40 bits per heavy atom. The minimum Gasteiger partial charge on any atom is -0.499 e. The van der Waals surface area contributed by atoms with Crippen molar-refractivity contribution in [3.8, 4) is 0 Å². The van der Waals surface area contributed by atoms with Gasteiger partial charge in [0.25, 0.3) is 0 Å². The minimum absolute atomic E-state index is 0.238. The predicted octanol–water partition coefficient (Wildman–Crippen LogP) is 2.40. The summed E-state index contributed by atoms with van der Waals surface area (Å²) < 4.78 is 10.2. The molecule has 1 aliphatic rings. The third-order valence-electron chi connectivity index (χ3n) is 2.71. The Morgan fingerprint density at radius 2 is 1.87 bits per heavy atom. The van der Waals surface area contributed by atoms with E-state index in [9.17, 15) is 0 Å². The van der Waals surface area contributed by atoms with E-state index in [4.69, 9.17) is 19.2 Å². The van der Waals surface area contributed by atoms with Gasteiger partial charge in [0.1, 0.15) is 12.4 Å². The van der Waals surface area contributed by atoms with Gasteiger partial charge in [-0.3, -0.25) is 0 Å². The molecule has 1 rings (SSSR count). The highest BCUT2D eigenvalue weighted by molar-refractivity contribution is 4.80. The van der Waals surface area contributed by atoms with Crippen LogP contribution in [0, 0.1) is 0 Å². The van der Waals surface area contributed by atoms with Crippen molar-refractivity contribution < 1.29 is 19.2 Å². The molecule has 0 radical (unpaired) electrons. The van der Waals surface area contributed by atoms with E-state index in [0.29, 0.717) is 5.76 Å². The molecule has 0 aromatic rings. The molecule has 0 unspecified atom stereocenters. The van der Waals surface area contributed by atoms with Gasteiger partial charge in [-0.25, -0.2) is 9.78 Å². The molecule has 0 bridgehead atoms. The minimum atomic E-state index is -0.563. The van der Waals surface area contributed by atoms with Gasteiger partial charge in [-0.1, -0.05) is 13.0 Å². The lowest BCUT2D eigenvalue weighted by Gasteiger charge is -2.33. The molecule has 0 aromatic heterocycles. The Labute approximate surface area is 91.1 Å². The first-order chi connectivity index (χ1) is 7.22. The van der Waals surface area contributed by atoms with E-state index in [1.807, 2.05) is 0 Å². The van der Waals surface area contributed by atoms with Gasteiger partial charge < -0.3 is 9.47 Å². The van der Waals surface area contributed by atoms with Gasteiger partial charge in [0, 0.05) is 20.0 Å². The summed E-state index contributed by atoms with van der Waals surface area (Å²) in [5, 5.41) is 0. The highest BCUT2D eigenvalue weighted by Gasteiger charge is 2.34. The maximum Gasteiger partial charge on any atom is 0.201 e. The van der Waals surface area contributed by atoms with Crippen LogP contribution in [0.1, 0.15) is 32.1 Å². The number of hydrogen-bond acceptors (Lipinski definition) is 4. The Morgan fingerprint density at radius 1 is 1.20 bits per heavy atom. The van der Waals surface area contributed by atoms with Gasteiger partial charge in [-0.2, -0.15) is 0 Å². The predicted molar refractivity (Wildman–Crippen MR) is 56.0 cm³/mol. The van der Waals surface area contributed by atoms with E-state index in [0.717, 1.165) is 25.7 Å². The Hall–Kier alpha value is -0.580. The number of methoxy groups -OCH3 is 2. The molecule has 1 aliphatic carbocycles. The fourth-order valence-corrected chi connectivity index (χ4v) is 1.67. The molecule has 15 heavy (non-hydrogen) atoms. The van der Waals surface area contributed by atoms with E-state index in [2.05, 4.69) is 6.58 Å². The monoisotopic (exact) mass is 216 g/mol. The van der Waals surface area contributed by atoms with Crippen molar-refractivity contribution in [3.63, 3.8) is 0 Å². The van der Waals surface area contributed by atoms with E-state index in [1.54, 1.807) is 14.2 Å². The Bertz CT molecular complexity index is 197. The second-order valence-electron chi connectivity index (χ2n) is 3.76. The molecule has 0 saturated heterocycles. The van der Waals surface area contributed by atoms with Crippen LogP contribution in [0.15, 0.2) is 12.3 Å². The maximum absolute atomic E-state index is 5.38. The summed E-state index contributed by atoms with van der Waals surface area (Å²) in [6.07, 6.45) is 5.22. The van der Waals surface area contributed by atoms with Crippen LogP contribution in [0.25, 0.3) is 0 Å². The topological polar surface area (TPSA) is 36.9 Å². The summed E-state index contributed by atoms with van der Waals surface area (Å²) in [6, 6.07) is 0. The Kier molecular flexibility index (Phi) is 5.08. The summed E-state index contributed by atoms with van der Waals surface area (Å²) in [6.45, 7) is 3.87. The van der Waals surface area contributed by atoms with Crippen LogP contribution in [-0.4, -0.2) is 26.6 Å². The molecule has 0 amide bonds. The highest BCUT2D eigenvalue weighted by Crippen LogP contribution is 2.32. The summed E-state index contributed by atoms with van der Waals surface area (Å²) in [4.78, 5) is 10.4. The summed E-state index contributed by atoms with van der Waals surface area (Å²) in [5.41, 5.74) is 0. The van der Waals surface area contributed by atoms with Crippen molar-refractivity contribution in [2.75, 3.05) is 20.8 Å².